The third-order valence-electron chi connectivity index (χ3n) is 7.59. The van der Waals surface area contributed by atoms with Crippen LogP contribution in [0, 0.1) is 27.4 Å². The third-order valence-corrected chi connectivity index (χ3v) is 7.59. The molecule has 1 aliphatic heterocycles. The van der Waals surface area contributed by atoms with Crippen LogP contribution >= 0.6 is 0 Å². The average Bonchev–Trinajstić information content (AvgIpc) is 3.33. The van der Waals surface area contributed by atoms with Gasteiger partial charge in [0, 0.05) is 22.5 Å². The molecular formula is C36H32N2O. The predicted octanol–water partition coefficient (Wildman–Crippen LogP) is 8.79. The maximum atomic E-state index is 10.8. The molecule has 192 valence electrons. The minimum atomic E-state index is -0.0549. The second-order valence-electron chi connectivity index (χ2n) is 10.3. The number of hydrogen-bond donors (Lipinski definition) is 1. The molecule has 0 bridgehead atoms. The fourth-order valence-corrected chi connectivity index (χ4v) is 6.04. The molecule has 2 radical (unpaired) electrons. The number of para-hydroxylation sites is 2. The van der Waals surface area contributed by atoms with Crippen LogP contribution in [0.25, 0.3) is 11.1 Å². The van der Waals surface area contributed by atoms with Crippen molar-refractivity contribution in [3.63, 3.8) is 0 Å². The third kappa shape index (κ3) is 4.55. The quantitative estimate of drug-likeness (QED) is 0.257. The highest BCUT2D eigenvalue weighted by molar-refractivity contribution is 5.84. The first-order valence-electron chi connectivity index (χ1n) is 13.4. The summed E-state index contributed by atoms with van der Waals surface area (Å²) in [5, 5.41) is 10.8. The summed E-state index contributed by atoms with van der Waals surface area (Å²) in [7, 11) is 0. The molecule has 1 saturated heterocycles. The molecule has 0 unspecified atom stereocenters. The lowest BCUT2D eigenvalue weighted by Gasteiger charge is -2.32. The smallest absolute Gasteiger partial charge is 0.210 e. The van der Waals surface area contributed by atoms with Crippen LogP contribution in [-0.2, 0) is 0 Å². The lowest BCUT2D eigenvalue weighted by atomic mass is 9.91. The first-order valence-corrected chi connectivity index (χ1v) is 13.4. The van der Waals surface area contributed by atoms with Crippen LogP contribution in [0.4, 0.5) is 11.4 Å². The van der Waals surface area contributed by atoms with Crippen molar-refractivity contribution in [3.05, 3.63) is 156 Å². The Balaban J connectivity index is 1.60. The molecule has 0 spiro atoms. The van der Waals surface area contributed by atoms with Crippen LogP contribution in [0.15, 0.2) is 121 Å². The topological polar surface area (TPSA) is 26.7 Å². The van der Waals surface area contributed by atoms with Gasteiger partial charge in [0.15, 0.2) is 0 Å². The van der Waals surface area contributed by atoms with Crippen LogP contribution in [-0.4, -0.2) is 5.11 Å². The molecule has 1 N–H and O–H groups in total. The summed E-state index contributed by atoms with van der Waals surface area (Å²) in [6, 6.07) is 41.7. The zero-order chi connectivity index (χ0) is 26.9. The van der Waals surface area contributed by atoms with Crippen molar-refractivity contribution in [3.8, 4) is 16.9 Å². The van der Waals surface area contributed by atoms with Crippen molar-refractivity contribution in [2.45, 2.75) is 32.9 Å². The maximum absolute atomic E-state index is 10.8. The number of anilines is 2. The average molecular weight is 509 g/mol. The van der Waals surface area contributed by atoms with Gasteiger partial charge in [-0.3, -0.25) is 0 Å². The lowest BCUT2D eigenvalue weighted by Crippen LogP contribution is -2.24. The maximum Gasteiger partial charge on any atom is 0.210 e. The van der Waals surface area contributed by atoms with E-state index in [-0.39, 0.29) is 17.8 Å². The van der Waals surface area contributed by atoms with Crippen molar-refractivity contribution in [1.82, 2.24) is 0 Å². The standard InChI is InChI=1S/C36H32N2O/c1-25-22-26(2)34(27(3)23-25)38-24-37(32-20-12-10-18-30(32)31-19-11-13-21-33(31)39)35(28-14-6-4-7-15-28)36(38)29-16-8-5-9-17-29/h4-23,35-36,39H,1-3H3/t35-,36-/m0/s1. The SMILES string of the molecule is Cc1cc(C)c(N2[C]N(c3ccccc3-c3ccccc3O)[C@@H](c3ccccc3)[C@@H]2c2ccccc2)c(C)c1. The minimum Gasteiger partial charge on any atom is -0.507 e. The van der Waals surface area contributed by atoms with E-state index in [4.69, 9.17) is 0 Å². The van der Waals surface area contributed by atoms with Crippen LogP contribution in [0.3, 0.4) is 0 Å². The number of rotatable bonds is 5. The Hall–Kier alpha value is -4.50. The summed E-state index contributed by atoms with van der Waals surface area (Å²) in [6.07, 6.45) is 0. The number of phenolic OH excluding ortho intramolecular Hbond substituents is 1. The van der Waals surface area contributed by atoms with Gasteiger partial charge in [0.2, 0.25) is 6.67 Å². The Kier molecular flexibility index (Phi) is 6.58. The van der Waals surface area contributed by atoms with Crippen molar-refractivity contribution in [1.29, 1.82) is 0 Å². The molecule has 2 atom stereocenters. The molecule has 1 heterocycles. The van der Waals surface area contributed by atoms with Gasteiger partial charge in [-0.05, 0) is 55.2 Å². The van der Waals surface area contributed by atoms with Crippen molar-refractivity contribution < 1.29 is 5.11 Å². The Morgan fingerprint density at radius 2 is 1.05 bits per heavy atom. The number of nitrogens with zero attached hydrogens (tertiary/aromatic N) is 2. The predicted molar refractivity (Wildman–Crippen MR) is 161 cm³/mol. The molecule has 0 amide bonds. The van der Waals surface area contributed by atoms with Gasteiger partial charge in [-0.25, -0.2) is 0 Å². The van der Waals surface area contributed by atoms with E-state index in [2.05, 4.69) is 128 Å². The molecule has 3 heteroatoms. The van der Waals surface area contributed by atoms with Crippen molar-refractivity contribution >= 4 is 11.4 Å². The van der Waals surface area contributed by atoms with Gasteiger partial charge in [0.05, 0.1) is 12.1 Å². The molecule has 5 aromatic carbocycles. The normalized spacial score (nSPS) is 17.0. The van der Waals surface area contributed by atoms with Crippen molar-refractivity contribution in [2.24, 2.45) is 0 Å². The van der Waals surface area contributed by atoms with Gasteiger partial charge in [0.25, 0.3) is 0 Å². The molecule has 5 aromatic rings. The summed E-state index contributed by atoms with van der Waals surface area (Å²) >= 11 is 0. The molecule has 0 aromatic heterocycles. The molecule has 3 nitrogen and oxygen atoms in total. The Bertz CT molecular complexity index is 1570. The highest BCUT2D eigenvalue weighted by Crippen LogP contribution is 2.53. The molecule has 39 heavy (non-hydrogen) atoms. The van der Waals surface area contributed by atoms with E-state index in [0.29, 0.717) is 0 Å². The number of phenols is 1. The second-order valence-corrected chi connectivity index (χ2v) is 10.3. The number of benzene rings is 5. The molecule has 1 aliphatic rings. The van der Waals surface area contributed by atoms with Gasteiger partial charge in [-0.15, -0.1) is 0 Å². The van der Waals surface area contributed by atoms with Gasteiger partial charge >= 0.3 is 0 Å². The van der Waals surface area contributed by atoms with E-state index in [1.54, 1.807) is 6.07 Å². The number of aryl methyl sites for hydroxylation is 3. The largest absolute Gasteiger partial charge is 0.507 e. The first-order chi connectivity index (χ1) is 19.0. The van der Waals surface area contributed by atoms with Crippen LogP contribution in [0.2, 0.25) is 0 Å². The minimum absolute atomic E-state index is 0.0221. The fraction of sp³-hybridized carbons (Fsp3) is 0.139. The summed E-state index contributed by atoms with van der Waals surface area (Å²) in [5.41, 5.74) is 10.1. The summed E-state index contributed by atoms with van der Waals surface area (Å²) in [6.45, 7) is 10.4. The van der Waals surface area contributed by atoms with Gasteiger partial charge in [0.1, 0.15) is 5.75 Å². The van der Waals surface area contributed by atoms with Crippen LogP contribution in [0.5, 0.6) is 5.75 Å². The van der Waals surface area contributed by atoms with Crippen LogP contribution in [0.1, 0.15) is 39.9 Å². The summed E-state index contributed by atoms with van der Waals surface area (Å²) in [5.74, 6) is 0.266. The fourth-order valence-electron chi connectivity index (χ4n) is 6.04. The second kappa shape index (κ2) is 10.3. The molecule has 6 rings (SSSR count). The summed E-state index contributed by atoms with van der Waals surface area (Å²) < 4.78 is 0. The molecule has 0 aliphatic carbocycles. The number of aromatic hydroxyl groups is 1. The highest BCUT2D eigenvalue weighted by Gasteiger charge is 2.45. The number of hydrogen-bond acceptors (Lipinski definition) is 3. The van der Waals surface area contributed by atoms with E-state index in [1.807, 2.05) is 24.3 Å². The monoisotopic (exact) mass is 508 g/mol. The van der Waals surface area contributed by atoms with Gasteiger partial charge in [-0.1, -0.05) is 115 Å². The Labute approximate surface area is 231 Å². The van der Waals surface area contributed by atoms with E-state index >= 15 is 0 Å². The zero-order valence-corrected chi connectivity index (χ0v) is 22.5. The molecule has 0 saturated carbocycles. The van der Waals surface area contributed by atoms with E-state index < -0.39 is 0 Å². The Morgan fingerprint density at radius 1 is 0.564 bits per heavy atom. The van der Waals surface area contributed by atoms with Gasteiger partial charge in [-0.2, -0.15) is 0 Å². The zero-order valence-electron chi connectivity index (χ0n) is 22.5. The first kappa shape index (κ1) is 24.8. The van der Waals surface area contributed by atoms with Crippen LogP contribution < -0.4 is 9.80 Å². The molecular weight excluding hydrogens is 476 g/mol. The Morgan fingerprint density at radius 3 is 1.64 bits per heavy atom. The van der Waals surface area contributed by atoms with E-state index in [0.717, 1.165) is 16.8 Å². The lowest BCUT2D eigenvalue weighted by molar-refractivity contribution is 0.477. The molecule has 1 fully saturated rings. The highest BCUT2D eigenvalue weighted by atomic mass is 16.3. The summed E-state index contributed by atoms with van der Waals surface area (Å²) in [4.78, 5) is 4.60. The van der Waals surface area contributed by atoms with Gasteiger partial charge < -0.3 is 14.9 Å². The van der Waals surface area contributed by atoms with E-state index in [9.17, 15) is 5.11 Å². The van der Waals surface area contributed by atoms with Crippen molar-refractivity contribution in [2.75, 3.05) is 9.80 Å². The van der Waals surface area contributed by atoms with E-state index in [1.165, 1.54) is 33.5 Å².